The van der Waals surface area contributed by atoms with E-state index in [9.17, 15) is 14.4 Å². The van der Waals surface area contributed by atoms with Gasteiger partial charge in [-0.2, -0.15) is 5.26 Å². The first-order valence-corrected chi connectivity index (χ1v) is 7.10. The van der Waals surface area contributed by atoms with Crippen molar-refractivity contribution in [1.29, 1.82) is 5.26 Å². The monoisotopic (exact) mass is 331 g/mol. The number of rotatable bonds is 3. The van der Waals surface area contributed by atoms with Crippen LogP contribution >= 0.6 is 0 Å². The van der Waals surface area contributed by atoms with Crippen molar-refractivity contribution in [3.63, 3.8) is 0 Å². The number of aromatic nitrogens is 2. The Kier molecular flexibility index (Phi) is 4.20. The molecule has 1 aliphatic heterocycles. The molecule has 24 heavy (non-hydrogen) atoms. The average molecular weight is 331 g/mol. The number of hydrogen-bond acceptors (Lipinski definition) is 6. The second-order valence-electron chi connectivity index (χ2n) is 5.00. The zero-order chi connectivity index (χ0) is 17.1. The van der Waals surface area contributed by atoms with E-state index in [0.717, 1.165) is 6.07 Å². The van der Waals surface area contributed by atoms with Gasteiger partial charge in [0.05, 0.1) is 43.6 Å². The number of amides is 1. The van der Waals surface area contributed by atoms with Crippen LogP contribution in [0.2, 0.25) is 0 Å². The molecular weight excluding hydrogens is 317 g/mol. The van der Waals surface area contributed by atoms with Gasteiger partial charge in [-0.15, -0.1) is 0 Å². The minimum absolute atomic E-state index is 0.0384. The molecule has 1 aromatic heterocycles. The number of H-pyrrole nitrogens is 1. The minimum Gasteiger partial charge on any atom is -0.486 e. The molecule has 0 saturated carbocycles. The Morgan fingerprint density at radius 2 is 2.46 bits per heavy atom. The molecule has 0 spiro atoms. The van der Waals surface area contributed by atoms with E-state index in [2.05, 4.69) is 26.1 Å². The zero-order valence-corrected chi connectivity index (χ0v) is 12.7. The number of nitriles is 1. The number of nitrogens with one attached hydrogen (secondary N) is 2. The fraction of sp³-hybridized carbons (Fsp3) is 0.267. The van der Waals surface area contributed by atoms with E-state index in [0.29, 0.717) is 17.9 Å². The van der Waals surface area contributed by atoms with Crippen molar-refractivity contribution in [3.8, 4) is 11.8 Å². The smallest absolute Gasteiger partial charge is 0.411 e. The number of nitrogens with zero attached hydrogens (tertiary/aromatic N) is 3. The zero-order valence-electron chi connectivity index (χ0n) is 12.7. The Labute approximate surface area is 136 Å². The highest BCUT2D eigenvalue weighted by Gasteiger charge is 2.30. The predicted molar refractivity (Wildman–Crippen MR) is 82.2 cm³/mol. The molecule has 2 N–H and O–H groups in total. The maximum Gasteiger partial charge on any atom is 0.411 e. The third-order valence-electron chi connectivity index (χ3n) is 3.59. The number of ether oxygens (including phenoxy) is 2. The number of fused-ring (bicyclic) bond motifs is 1. The van der Waals surface area contributed by atoms with Crippen molar-refractivity contribution in [2.45, 2.75) is 6.04 Å². The molecule has 3 rings (SSSR count). The number of halogens is 1. The van der Waals surface area contributed by atoms with E-state index in [1.807, 2.05) is 0 Å². The molecule has 0 fully saturated rings. The van der Waals surface area contributed by atoms with Crippen LogP contribution in [0.15, 0.2) is 24.7 Å². The van der Waals surface area contributed by atoms with Crippen molar-refractivity contribution in [1.82, 2.24) is 9.97 Å². The summed E-state index contributed by atoms with van der Waals surface area (Å²) in [6.45, 7) is 0.616. The van der Waals surface area contributed by atoms with Crippen LogP contribution in [-0.4, -0.2) is 36.3 Å². The summed E-state index contributed by atoms with van der Waals surface area (Å²) in [5.41, 5.74) is 1.15. The van der Waals surface area contributed by atoms with Gasteiger partial charge in [-0.05, 0) is 6.07 Å². The van der Waals surface area contributed by atoms with Gasteiger partial charge in [-0.3, -0.25) is 5.32 Å². The molecule has 1 aromatic carbocycles. The summed E-state index contributed by atoms with van der Waals surface area (Å²) in [5.74, 6) is -0.596. The number of hydrogen-bond donors (Lipinski definition) is 2. The molecule has 8 nitrogen and oxygen atoms in total. The van der Waals surface area contributed by atoms with Gasteiger partial charge in [0.2, 0.25) is 0 Å². The fourth-order valence-electron chi connectivity index (χ4n) is 2.53. The molecular formula is C15H14FN5O3. The molecule has 0 bridgehead atoms. The van der Waals surface area contributed by atoms with E-state index in [4.69, 9.17) is 4.74 Å². The Hall–Kier alpha value is -3.28. The SMILES string of the molecule is COC(=O)Nc1cc(F)c2c(c1)N(C(C#N)c1cnc[nH]1)CCO2. The molecule has 0 aliphatic carbocycles. The quantitative estimate of drug-likeness (QED) is 0.893. The van der Waals surface area contributed by atoms with E-state index in [1.54, 1.807) is 4.90 Å². The first-order chi connectivity index (χ1) is 11.6. The summed E-state index contributed by atoms with van der Waals surface area (Å²) >= 11 is 0. The van der Waals surface area contributed by atoms with Crippen molar-refractivity contribution in [2.75, 3.05) is 30.5 Å². The minimum atomic E-state index is -0.719. The van der Waals surface area contributed by atoms with Crippen LogP contribution in [-0.2, 0) is 4.74 Å². The molecule has 0 radical (unpaired) electrons. The number of anilines is 2. The predicted octanol–water partition coefficient (Wildman–Crippen LogP) is 2.19. The molecule has 2 heterocycles. The summed E-state index contributed by atoms with van der Waals surface area (Å²) < 4.78 is 24.2. The lowest BCUT2D eigenvalue weighted by Gasteiger charge is -2.34. The maximum absolute atomic E-state index is 14.3. The van der Waals surface area contributed by atoms with Gasteiger partial charge >= 0.3 is 6.09 Å². The summed E-state index contributed by atoms with van der Waals surface area (Å²) in [7, 11) is 1.21. The van der Waals surface area contributed by atoms with E-state index < -0.39 is 18.0 Å². The first-order valence-electron chi connectivity index (χ1n) is 7.10. The maximum atomic E-state index is 14.3. The highest BCUT2D eigenvalue weighted by molar-refractivity contribution is 5.86. The number of methoxy groups -OCH3 is 1. The lowest BCUT2D eigenvalue weighted by molar-refractivity contribution is 0.187. The number of carbonyl (C=O) groups is 1. The Balaban J connectivity index is 2.02. The van der Waals surface area contributed by atoms with Crippen LogP contribution in [0, 0.1) is 17.1 Å². The first kappa shape index (κ1) is 15.6. The molecule has 1 aliphatic rings. The highest BCUT2D eigenvalue weighted by Crippen LogP contribution is 2.40. The van der Waals surface area contributed by atoms with Gasteiger partial charge < -0.3 is 19.4 Å². The van der Waals surface area contributed by atoms with Crippen molar-refractivity contribution in [2.24, 2.45) is 0 Å². The third kappa shape index (κ3) is 2.81. The lowest BCUT2D eigenvalue weighted by Crippen LogP contribution is -2.36. The summed E-state index contributed by atoms with van der Waals surface area (Å²) in [6.07, 6.45) is 2.29. The van der Waals surface area contributed by atoms with E-state index >= 15 is 0 Å². The Morgan fingerprint density at radius 3 is 3.12 bits per heavy atom. The van der Waals surface area contributed by atoms with Crippen molar-refractivity contribution in [3.05, 3.63) is 36.2 Å². The van der Waals surface area contributed by atoms with Gasteiger partial charge in [-0.25, -0.2) is 14.2 Å². The second-order valence-corrected chi connectivity index (χ2v) is 5.00. The summed E-state index contributed by atoms with van der Waals surface area (Å²) in [6, 6.07) is 4.15. The molecule has 2 aromatic rings. The molecule has 1 atom stereocenters. The molecule has 9 heteroatoms. The Bertz CT molecular complexity index is 787. The summed E-state index contributed by atoms with van der Waals surface area (Å²) in [4.78, 5) is 19.8. The van der Waals surface area contributed by atoms with Crippen molar-refractivity contribution >= 4 is 17.5 Å². The van der Waals surface area contributed by atoms with Crippen LogP contribution in [0.5, 0.6) is 5.75 Å². The number of benzene rings is 1. The van der Waals surface area contributed by atoms with Crippen LogP contribution in [0.4, 0.5) is 20.6 Å². The van der Waals surface area contributed by atoms with Gasteiger partial charge in [0.15, 0.2) is 17.6 Å². The van der Waals surface area contributed by atoms with Gasteiger partial charge in [0, 0.05) is 11.8 Å². The lowest BCUT2D eigenvalue weighted by atomic mass is 10.1. The van der Waals surface area contributed by atoms with Gasteiger partial charge in [-0.1, -0.05) is 0 Å². The molecule has 0 saturated heterocycles. The van der Waals surface area contributed by atoms with Gasteiger partial charge in [0.25, 0.3) is 0 Å². The van der Waals surface area contributed by atoms with E-state index in [-0.39, 0.29) is 18.0 Å². The standard InChI is InChI=1S/C15H14FN5O3/c1-23-15(22)20-9-4-10(16)14-12(5-9)21(2-3-24-14)13(6-17)11-7-18-8-19-11/h4-5,7-8,13H,2-3H2,1H3,(H,18,19)(H,20,22). The van der Waals surface area contributed by atoms with Crippen LogP contribution < -0.4 is 15.0 Å². The second kappa shape index (κ2) is 6.45. The Morgan fingerprint density at radius 1 is 1.62 bits per heavy atom. The number of aromatic amines is 1. The average Bonchev–Trinajstić information content (AvgIpc) is 3.10. The molecule has 1 amide bonds. The third-order valence-corrected chi connectivity index (χ3v) is 3.59. The fourth-order valence-corrected chi connectivity index (χ4v) is 2.53. The van der Waals surface area contributed by atoms with E-state index in [1.165, 1.54) is 25.7 Å². The largest absolute Gasteiger partial charge is 0.486 e. The van der Waals surface area contributed by atoms with Crippen LogP contribution in [0.1, 0.15) is 11.7 Å². The van der Waals surface area contributed by atoms with Crippen molar-refractivity contribution < 1.29 is 18.7 Å². The molecule has 124 valence electrons. The number of carbonyl (C=O) groups excluding carboxylic acids is 1. The number of imidazole rings is 1. The topological polar surface area (TPSA) is 103 Å². The van der Waals surface area contributed by atoms with Crippen LogP contribution in [0.25, 0.3) is 0 Å². The normalized spacial score (nSPS) is 14.1. The summed E-state index contributed by atoms with van der Waals surface area (Å²) in [5, 5.41) is 11.9. The van der Waals surface area contributed by atoms with Gasteiger partial charge in [0.1, 0.15) is 6.61 Å². The molecule has 1 unspecified atom stereocenters. The highest BCUT2D eigenvalue weighted by atomic mass is 19.1. The van der Waals surface area contributed by atoms with Crippen LogP contribution in [0.3, 0.4) is 0 Å².